The van der Waals surface area contributed by atoms with Gasteiger partial charge in [0, 0.05) is 11.3 Å². The number of ether oxygens (including phenoxy) is 1. The minimum atomic E-state index is -0.755. The van der Waals surface area contributed by atoms with Gasteiger partial charge < -0.3 is 25.5 Å². The van der Waals surface area contributed by atoms with Crippen LogP contribution in [0.25, 0.3) is 0 Å². The van der Waals surface area contributed by atoms with Gasteiger partial charge in [-0.2, -0.15) is 0 Å². The van der Waals surface area contributed by atoms with E-state index < -0.39 is 5.97 Å². The average Bonchev–Trinajstić information content (AvgIpc) is 3.21. The van der Waals surface area contributed by atoms with Crippen molar-refractivity contribution in [3.8, 4) is 5.75 Å². The molecule has 31 heavy (non-hydrogen) atoms. The van der Waals surface area contributed by atoms with Crippen LogP contribution in [0.5, 0.6) is 5.75 Å². The van der Waals surface area contributed by atoms with Gasteiger partial charge in [-0.3, -0.25) is 0 Å². The van der Waals surface area contributed by atoms with E-state index in [1.54, 1.807) is 24.3 Å². The van der Waals surface area contributed by atoms with E-state index in [9.17, 15) is 4.79 Å². The third kappa shape index (κ3) is 5.25. The summed E-state index contributed by atoms with van der Waals surface area (Å²) in [4.78, 5) is 17.2. The van der Waals surface area contributed by atoms with Crippen molar-refractivity contribution in [1.29, 1.82) is 0 Å². The van der Waals surface area contributed by atoms with E-state index in [0.717, 1.165) is 22.4 Å². The molecule has 0 amide bonds. The first-order valence-corrected chi connectivity index (χ1v) is 9.98. The summed E-state index contributed by atoms with van der Waals surface area (Å²) in [6, 6.07) is 14.5. The number of hydrogen-bond acceptors (Lipinski definition) is 6. The number of carbonyl (C=O) groups excluding carboxylic acids is 1. The molecule has 0 saturated heterocycles. The number of carbonyl (C=O) groups is 1. The molecule has 0 aliphatic carbocycles. The Bertz CT molecular complexity index is 1120. The fourth-order valence-electron chi connectivity index (χ4n) is 3.07. The number of anilines is 1. The molecule has 0 aliphatic rings. The molecule has 162 valence electrons. The van der Waals surface area contributed by atoms with Crippen molar-refractivity contribution in [2.45, 2.75) is 40.2 Å². The zero-order valence-corrected chi connectivity index (χ0v) is 18.1. The van der Waals surface area contributed by atoms with Gasteiger partial charge in [0.15, 0.2) is 5.84 Å². The van der Waals surface area contributed by atoms with Crippen molar-refractivity contribution < 1.29 is 18.8 Å². The van der Waals surface area contributed by atoms with Crippen LogP contribution in [-0.2, 0) is 11.4 Å². The largest absolute Gasteiger partial charge is 0.485 e. The second-order valence-corrected chi connectivity index (χ2v) is 7.63. The van der Waals surface area contributed by atoms with Gasteiger partial charge >= 0.3 is 5.97 Å². The monoisotopic (exact) mass is 421 g/mol. The molecule has 0 atom stereocenters. The highest BCUT2D eigenvalue weighted by Crippen LogP contribution is 2.28. The summed E-state index contributed by atoms with van der Waals surface area (Å²) >= 11 is 0. The fraction of sp³-hybridized carbons (Fsp3) is 0.250. The van der Waals surface area contributed by atoms with Crippen LogP contribution in [-0.4, -0.2) is 11.8 Å². The van der Waals surface area contributed by atoms with Crippen molar-refractivity contribution >= 4 is 17.5 Å². The Labute approximate surface area is 181 Å². The molecule has 0 radical (unpaired) electrons. The second-order valence-electron chi connectivity index (χ2n) is 7.63. The van der Waals surface area contributed by atoms with Gasteiger partial charge in [-0.1, -0.05) is 43.3 Å². The van der Waals surface area contributed by atoms with E-state index in [4.69, 9.17) is 25.5 Å². The highest BCUT2D eigenvalue weighted by molar-refractivity contribution is 6.00. The van der Waals surface area contributed by atoms with Crippen molar-refractivity contribution in [1.82, 2.24) is 0 Å². The number of aryl methyl sites for hydroxylation is 1. The van der Waals surface area contributed by atoms with E-state index in [0.29, 0.717) is 22.9 Å². The van der Waals surface area contributed by atoms with E-state index in [-0.39, 0.29) is 18.2 Å². The molecule has 1 aromatic heterocycles. The standard InChI is InChI=1S/C24H27N3O4/c1-14(2)18-10-8-15(3)12-22(18)29-13-17-9-11-21(30-17)24(28)31-27-23(26)19-6-5-7-20(25)16(19)4/h5-12,14H,13,25H2,1-4H3,(H2,26,27). The molecular weight excluding hydrogens is 394 g/mol. The Hall–Kier alpha value is -3.74. The minimum absolute atomic E-state index is 0.00720. The molecule has 7 heteroatoms. The average molecular weight is 421 g/mol. The highest BCUT2D eigenvalue weighted by atomic mass is 16.7. The number of hydrogen-bond donors (Lipinski definition) is 2. The number of nitrogen functional groups attached to an aromatic ring is 1. The van der Waals surface area contributed by atoms with E-state index in [1.807, 2.05) is 19.9 Å². The molecule has 0 unspecified atom stereocenters. The fourth-order valence-corrected chi connectivity index (χ4v) is 3.07. The Morgan fingerprint density at radius 3 is 2.65 bits per heavy atom. The van der Waals surface area contributed by atoms with Crippen molar-refractivity contribution in [3.05, 3.63) is 82.3 Å². The van der Waals surface area contributed by atoms with Gasteiger partial charge in [0.05, 0.1) is 0 Å². The van der Waals surface area contributed by atoms with Gasteiger partial charge in [-0.15, -0.1) is 0 Å². The molecule has 0 fully saturated rings. The molecule has 3 aromatic rings. The lowest BCUT2D eigenvalue weighted by atomic mass is 10.0. The Balaban J connectivity index is 1.65. The summed E-state index contributed by atoms with van der Waals surface area (Å²) in [6.07, 6.45) is 0. The maximum atomic E-state index is 12.3. The van der Waals surface area contributed by atoms with Gasteiger partial charge in [-0.05, 0) is 60.7 Å². The predicted octanol–water partition coefficient (Wildman–Crippen LogP) is 4.66. The van der Waals surface area contributed by atoms with E-state index in [1.165, 1.54) is 6.07 Å². The number of amidine groups is 1. The van der Waals surface area contributed by atoms with Crippen molar-refractivity contribution in [2.75, 3.05) is 5.73 Å². The normalized spacial score (nSPS) is 11.6. The summed E-state index contributed by atoms with van der Waals surface area (Å²) in [6.45, 7) is 8.22. The van der Waals surface area contributed by atoms with Crippen LogP contribution >= 0.6 is 0 Å². The smallest absolute Gasteiger partial charge is 0.400 e. The molecule has 0 spiro atoms. The number of oxime groups is 1. The van der Waals surface area contributed by atoms with Crippen LogP contribution in [0.15, 0.2) is 58.1 Å². The Morgan fingerprint density at radius 2 is 1.90 bits per heavy atom. The van der Waals surface area contributed by atoms with Crippen LogP contribution in [0, 0.1) is 13.8 Å². The van der Waals surface area contributed by atoms with Crippen LogP contribution in [0.3, 0.4) is 0 Å². The third-order valence-corrected chi connectivity index (χ3v) is 4.90. The lowest BCUT2D eigenvalue weighted by molar-refractivity contribution is 0.0475. The first-order valence-electron chi connectivity index (χ1n) is 9.98. The summed E-state index contributed by atoms with van der Waals surface area (Å²) in [5, 5.41) is 3.71. The maximum absolute atomic E-state index is 12.3. The zero-order chi connectivity index (χ0) is 22.5. The first-order chi connectivity index (χ1) is 14.8. The molecule has 7 nitrogen and oxygen atoms in total. The molecule has 3 rings (SSSR count). The number of nitrogens with zero attached hydrogens (tertiary/aromatic N) is 1. The van der Waals surface area contributed by atoms with Crippen molar-refractivity contribution in [3.63, 3.8) is 0 Å². The minimum Gasteiger partial charge on any atom is -0.485 e. The van der Waals surface area contributed by atoms with Crippen LogP contribution in [0.4, 0.5) is 5.69 Å². The predicted molar refractivity (Wildman–Crippen MR) is 120 cm³/mol. The lowest BCUT2D eigenvalue weighted by Gasteiger charge is -2.14. The van der Waals surface area contributed by atoms with Gasteiger partial charge in [0.2, 0.25) is 5.76 Å². The zero-order valence-electron chi connectivity index (χ0n) is 18.1. The number of nitrogens with two attached hydrogens (primary N) is 2. The summed E-state index contributed by atoms with van der Waals surface area (Å²) in [7, 11) is 0. The summed E-state index contributed by atoms with van der Waals surface area (Å²) in [5.41, 5.74) is 15.9. The summed E-state index contributed by atoms with van der Waals surface area (Å²) in [5.74, 6) is 0.915. The SMILES string of the molecule is Cc1ccc(C(C)C)c(OCc2ccc(C(=O)O/N=C(\N)c3cccc(N)c3C)o2)c1. The molecule has 0 saturated carbocycles. The van der Waals surface area contributed by atoms with Gasteiger partial charge in [0.25, 0.3) is 0 Å². The van der Waals surface area contributed by atoms with E-state index >= 15 is 0 Å². The Morgan fingerprint density at radius 1 is 1.13 bits per heavy atom. The van der Waals surface area contributed by atoms with Crippen LogP contribution in [0.1, 0.15) is 58.3 Å². The number of rotatable bonds is 7. The van der Waals surface area contributed by atoms with Gasteiger partial charge in [0.1, 0.15) is 18.1 Å². The lowest BCUT2D eigenvalue weighted by Crippen LogP contribution is -2.17. The third-order valence-electron chi connectivity index (χ3n) is 4.90. The number of furan rings is 1. The molecule has 2 aromatic carbocycles. The molecule has 1 heterocycles. The quantitative estimate of drug-likeness (QED) is 0.189. The van der Waals surface area contributed by atoms with Crippen LogP contribution in [0.2, 0.25) is 0 Å². The number of benzene rings is 2. The van der Waals surface area contributed by atoms with Crippen molar-refractivity contribution in [2.24, 2.45) is 10.9 Å². The van der Waals surface area contributed by atoms with Gasteiger partial charge in [-0.25, -0.2) is 4.79 Å². The summed E-state index contributed by atoms with van der Waals surface area (Å²) < 4.78 is 11.5. The molecule has 4 N–H and O–H groups in total. The molecular formula is C24H27N3O4. The maximum Gasteiger partial charge on any atom is 0.400 e. The Kier molecular flexibility index (Phi) is 6.65. The molecule has 0 bridgehead atoms. The topological polar surface area (TPSA) is 113 Å². The van der Waals surface area contributed by atoms with E-state index in [2.05, 4.69) is 31.1 Å². The first kappa shape index (κ1) is 22.0. The second kappa shape index (κ2) is 9.38. The molecule has 0 aliphatic heterocycles. The highest BCUT2D eigenvalue weighted by Gasteiger charge is 2.15. The van der Waals surface area contributed by atoms with Crippen LogP contribution < -0.4 is 16.2 Å².